The van der Waals surface area contributed by atoms with Crippen LogP contribution in [0.25, 0.3) is 0 Å². The van der Waals surface area contributed by atoms with Crippen molar-refractivity contribution in [2.24, 2.45) is 0 Å². The normalized spacial score (nSPS) is 10.0. The molecule has 0 atom stereocenters. The summed E-state index contributed by atoms with van der Waals surface area (Å²) in [6.07, 6.45) is 1.13. The summed E-state index contributed by atoms with van der Waals surface area (Å²) in [7, 11) is 4.56. The minimum atomic E-state index is -0.616. The quantitative estimate of drug-likeness (QED) is 0.848. The van der Waals surface area contributed by atoms with Gasteiger partial charge in [-0.25, -0.2) is 9.97 Å². The number of ether oxygens (including phenoxy) is 3. The van der Waals surface area contributed by atoms with Gasteiger partial charge < -0.3 is 19.5 Å². The van der Waals surface area contributed by atoms with Gasteiger partial charge in [0.15, 0.2) is 11.5 Å². The number of benzene rings is 1. The number of methoxy groups -OCH3 is 3. The number of hydrogen-bond acceptors (Lipinski definition) is 6. The molecule has 2 rings (SSSR count). The monoisotopic (exact) mass is 279 g/mol. The average molecular weight is 279 g/mol. The van der Waals surface area contributed by atoms with E-state index in [1.807, 2.05) is 0 Å². The topological polar surface area (TPSA) is 65.5 Å². The van der Waals surface area contributed by atoms with Crippen LogP contribution in [-0.4, -0.2) is 31.3 Å². The first kappa shape index (κ1) is 13.9. The minimum Gasteiger partial charge on any atom is -0.493 e. The first-order chi connectivity index (χ1) is 9.67. The van der Waals surface area contributed by atoms with Crippen LogP contribution in [0, 0.1) is 5.95 Å². The van der Waals surface area contributed by atoms with E-state index in [1.165, 1.54) is 27.4 Å². The van der Waals surface area contributed by atoms with Crippen molar-refractivity contribution in [3.8, 4) is 17.2 Å². The molecular formula is C13H14FN3O3. The van der Waals surface area contributed by atoms with Gasteiger partial charge in [-0.3, -0.25) is 0 Å². The Kier molecular flexibility index (Phi) is 4.19. The van der Waals surface area contributed by atoms with Gasteiger partial charge >= 0.3 is 0 Å². The molecule has 0 spiro atoms. The lowest BCUT2D eigenvalue weighted by molar-refractivity contribution is 0.324. The minimum absolute atomic E-state index is 0.326. The van der Waals surface area contributed by atoms with Crippen LogP contribution in [0.3, 0.4) is 0 Å². The summed E-state index contributed by atoms with van der Waals surface area (Å²) in [5, 5.41) is 2.94. The van der Waals surface area contributed by atoms with E-state index in [0.29, 0.717) is 28.8 Å². The molecule has 0 saturated heterocycles. The third kappa shape index (κ3) is 2.87. The highest BCUT2D eigenvalue weighted by molar-refractivity contribution is 5.66. The lowest BCUT2D eigenvalue weighted by Crippen LogP contribution is -1.99. The van der Waals surface area contributed by atoms with E-state index in [-0.39, 0.29) is 0 Å². The van der Waals surface area contributed by atoms with Crippen LogP contribution in [0.2, 0.25) is 0 Å². The summed E-state index contributed by atoms with van der Waals surface area (Å²) in [4.78, 5) is 7.30. The van der Waals surface area contributed by atoms with Crippen molar-refractivity contribution in [3.63, 3.8) is 0 Å². The summed E-state index contributed by atoms with van der Waals surface area (Å²) in [6, 6.07) is 4.58. The maximum atomic E-state index is 13.0. The highest BCUT2D eigenvalue weighted by Gasteiger charge is 2.13. The van der Waals surface area contributed by atoms with E-state index in [0.717, 1.165) is 6.33 Å². The van der Waals surface area contributed by atoms with E-state index in [1.54, 1.807) is 12.1 Å². The van der Waals surface area contributed by atoms with Gasteiger partial charge in [0.25, 0.3) is 0 Å². The summed E-state index contributed by atoms with van der Waals surface area (Å²) >= 11 is 0. The van der Waals surface area contributed by atoms with E-state index < -0.39 is 5.95 Å². The molecule has 0 amide bonds. The number of hydrogen-bond donors (Lipinski definition) is 1. The zero-order valence-corrected chi connectivity index (χ0v) is 11.3. The molecule has 106 valence electrons. The fraction of sp³-hybridized carbons (Fsp3) is 0.231. The number of halogens is 1. The van der Waals surface area contributed by atoms with Gasteiger partial charge in [-0.05, 0) is 0 Å². The van der Waals surface area contributed by atoms with Crippen molar-refractivity contribution >= 4 is 11.5 Å². The van der Waals surface area contributed by atoms with Crippen LogP contribution < -0.4 is 19.5 Å². The lowest BCUT2D eigenvalue weighted by Gasteiger charge is -2.14. The second-order valence-electron chi connectivity index (χ2n) is 3.76. The Morgan fingerprint density at radius 1 is 0.950 bits per heavy atom. The van der Waals surface area contributed by atoms with Gasteiger partial charge in [0.2, 0.25) is 11.7 Å². The number of nitrogens with zero attached hydrogens (tertiary/aromatic N) is 2. The molecule has 20 heavy (non-hydrogen) atoms. The van der Waals surface area contributed by atoms with E-state index >= 15 is 0 Å². The number of nitrogens with one attached hydrogen (secondary N) is 1. The van der Waals surface area contributed by atoms with Crippen molar-refractivity contribution in [3.05, 3.63) is 30.5 Å². The van der Waals surface area contributed by atoms with Crippen LogP contribution in [0.15, 0.2) is 24.5 Å². The summed E-state index contributed by atoms with van der Waals surface area (Å²) in [6.45, 7) is 0. The molecule has 0 fully saturated rings. The molecule has 0 aliphatic rings. The molecule has 0 bridgehead atoms. The molecule has 2 aromatic rings. The Morgan fingerprint density at radius 3 is 2.10 bits per heavy atom. The molecule has 1 aromatic carbocycles. The fourth-order valence-corrected chi connectivity index (χ4v) is 1.70. The smallest absolute Gasteiger partial charge is 0.218 e. The molecule has 0 saturated carbocycles. The largest absolute Gasteiger partial charge is 0.493 e. The van der Waals surface area contributed by atoms with Gasteiger partial charge in [0, 0.05) is 23.9 Å². The van der Waals surface area contributed by atoms with Crippen molar-refractivity contribution in [2.45, 2.75) is 0 Å². The van der Waals surface area contributed by atoms with Crippen molar-refractivity contribution in [1.29, 1.82) is 0 Å². The van der Waals surface area contributed by atoms with Gasteiger partial charge in [-0.1, -0.05) is 0 Å². The third-order valence-electron chi connectivity index (χ3n) is 2.57. The maximum Gasteiger partial charge on any atom is 0.218 e. The molecule has 0 aliphatic carbocycles. The second kappa shape index (κ2) is 6.05. The zero-order valence-electron chi connectivity index (χ0n) is 11.3. The molecule has 0 radical (unpaired) electrons. The lowest BCUT2D eigenvalue weighted by atomic mass is 10.2. The number of anilines is 2. The zero-order chi connectivity index (χ0) is 14.5. The van der Waals surface area contributed by atoms with Crippen LogP contribution in [0.4, 0.5) is 15.9 Å². The van der Waals surface area contributed by atoms with E-state index in [2.05, 4.69) is 15.3 Å². The highest BCUT2D eigenvalue weighted by Crippen LogP contribution is 2.40. The molecule has 1 N–H and O–H groups in total. The predicted octanol–water partition coefficient (Wildman–Crippen LogP) is 2.39. The molecule has 0 unspecified atom stereocenters. The Bertz CT molecular complexity index is 582. The van der Waals surface area contributed by atoms with Crippen molar-refractivity contribution < 1.29 is 18.6 Å². The Morgan fingerprint density at radius 2 is 1.60 bits per heavy atom. The number of rotatable bonds is 5. The Balaban J connectivity index is 2.37. The molecule has 1 aromatic heterocycles. The van der Waals surface area contributed by atoms with Gasteiger partial charge in [-0.2, -0.15) is 4.39 Å². The maximum absolute atomic E-state index is 13.0. The summed E-state index contributed by atoms with van der Waals surface area (Å²) in [5.74, 6) is 1.17. The molecular weight excluding hydrogens is 265 g/mol. The Labute approximate surface area is 115 Å². The molecule has 7 heteroatoms. The van der Waals surface area contributed by atoms with E-state index in [9.17, 15) is 4.39 Å². The van der Waals surface area contributed by atoms with Gasteiger partial charge in [-0.15, -0.1) is 0 Å². The summed E-state index contributed by atoms with van der Waals surface area (Å²) < 4.78 is 28.7. The Hall–Kier alpha value is -2.57. The summed E-state index contributed by atoms with van der Waals surface area (Å²) in [5.41, 5.74) is 0.623. The first-order valence-electron chi connectivity index (χ1n) is 5.72. The van der Waals surface area contributed by atoms with Gasteiger partial charge in [0.05, 0.1) is 21.3 Å². The molecule has 0 aliphatic heterocycles. The number of aromatic nitrogens is 2. The van der Waals surface area contributed by atoms with Crippen LogP contribution in [0.5, 0.6) is 17.2 Å². The molecule has 6 nitrogen and oxygen atoms in total. The van der Waals surface area contributed by atoms with Crippen LogP contribution in [-0.2, 0) is 0 Å². The highest BCUT2D eigenvalue weighted by atomic mass is 19.1. The van der Waals surface area contributed by atoms with E-state index in [4.69, 9.17) is 14.2 Å². The first-order valence-corrected chi connectivity index (χ1v) is 5.72. The van der Waals surface area contributed by atoms with Crippen molar-refractivity contribution in [1.82, 2.24) is 9.97 Å². The van der Waals surface area contributed by atoms with Gasteiger partial charge in [0.1, 0.15) is 12.1 Å². The molecule has 1 heterocycles. The van der Waals surface area contributed by atoms with Crippen LogP contribution >= 0.6 is 0 Å². The second-order valence-corrected chi connectivity index (χ2v) is 3.76. The third-order valence-corrected chi connectivity index (χ3v) is 2.57. The predicted molar refractivity (Wildman–Crippen MR) is 71.4 cm³/mol. The van der Waals surface area contributed by atoms with Crippen LogP contribution in [0.1, 0.15) is 0 Å². The SMILES string of the molecule is COc1cc(Nc2cc(F)ncn2)cc(OC)c1OC. The fourth-order valence-electron chi connectivity index (χ4n) is 1.70. The van der Waals surface area contributed by atoms with Crippen molar-refractivity contribution in [2.75, 3.05) is 26.6 Å². The average Bonchev–Trinajstić information content (AvgIpc) is 2.46. The standard InChI is InChI=1S/C13H14FN3O3/c1-18-9-4-8(5-10(19-2)13(9)20-3)17-12-6-11(14)15-7-16-12/h4-7H,1-3H3,(H,15,16,17).